The first-order valence-electron chi connectivity index (χ1n) is 7.51. The van der Waals surface area contributed by atoms with E-state index in [2.05, 4.69) is 0 Å². The van der Waals surface area contributed by atoms with Crippen LogP contribution in [0.5, 0.6) is 0 Å². The Balaban J connectivity index is 2.41. The molecule has 118 valence electrons. The van der Waals surface area contributed by atoms with E-state index in [0.29, 0.717) is 0 Å². The van der Waals surface area contributed by atoms with Gasteiger partial charge in [0.05, 0.1) is 19.3 Å². The van der Waals surface area contributed by atoms with Crippen LogP contribution in [0.2, 0.25) is 0 Å². The number of nitrogens with zero attached hydrogens (tertiary/aromatic N) is 1. The summed E-state index contributed by atoms with van der Waals surface area (Å²) in [7, 11) is 0. The number of esters is 2. The summed E-state index contributed by atoms with van der Waals surface area (Å²) < 4.78 is 10.0. The molecule has 2 rings (SSSR count). The molecule has 1 unspecified atom stereocenters. The zero-order chi connectivity index (χ0) is 16.1. The molecule has 1 aromatic carbocycles. The van der Waals surface area contributed by atoms with Gasteiger partial charge in [-0.3, -0.25) is 0 Å². The van der Waals surface area contributed by atoms with Crippen LogP contribution in [-0.4, -0.2) is 31.2 Å². The first-order chi connectivity index (χ1) is 10.6. The fraction of sp³-hybridized carbons (Fsp3) is 0.412. The highest BCUT2D eigenvalue weighted by atomic mass is 16.5. The van der Waals surface area contributed by atoms with Crippen LogP contribution >= 0.6 is 0 Å². The molecule has 0 N–H and O–H groups in total. The Morgan fingerprint density at radius 3 is 2.59 bits per heavy atom. The molecule has 0 bridgehead atoms. The number of benzene rings is 1. The largest absolute Gasteiger partial charge is 0.463 e. The van der Waals surface area contributed by atoms with Crippen molar-refractivity contribution in [2.24, 2.45) is 0 Å². The topological polar surface area (TPSA) is 55.8 Å². The van der Waals surface area contributed by atoms with Gasteiger partial charge < -0.3 is 14.4 Å². The third-order valence-corrected chi connectivity index (χ3v) is 3.49. The Morgan fingerprint density at radius 1 is 1.23 bits per heavy atom. The lowest BCUT2D eigenvalue weighted by Gasteiger charge is -2.26. The Labute approximate surface area is 130 Å². The summed E-state index contributed by atoms with van der Waals surface area (Å²) in [6, 6.07) is 7.92. The van der Waals surface area contributed by atoms with Crippen LogP contribution in [0.3, 0.4) is 0 Å². The molecule has 0 fully saturated rings. The second-order valence-corrected chi connectivity index (χ2v) is 5.05. The molecule has 0 aromatic heterocycles. The lowest BCUT2D eigenvalue weighted by Crippen LogP contribution is -2.34. The average molecular weight is 303 g/mol. The van der Waals surface area contributed by atoms with Crippen molar-refractivity contribution in [2.45, 2.75) is 33.2 Å². The minimum atomic E-state index is -0.540. The Morgan fingerprint density at radius 2 is 1.91 bits per heavy atom. The molecule has 0 saturated carbocycles. The highest BCUT2D eigenvalue weighted by Crippen LogP contribution is 2.35. The SMILES string of the molecule is CCOC(=O)/C=C(/C(=O)OCC)N1c2ccccc2CC1C. The van der Waals surface area contributed by atoms with Crippen LogP contribution in [0.25, 0.3) is 0 Å². The number of ether oxygens (including phenoxy) is 2. The van der Waals surface area contributed by atoms with E-state index in [1.54, 1.807) is 13.8 Å². The van der Waals surface area contributed by atoms with Crippen molar-refractivity contribution in [3.8, 4) is 0 Å². The van der Waals surface area contributed by atoms with E-state index in [9.17, 15) is 9.59 Å². The molecule has 5 nitrogen and oxygen atoms in total. The lowest BCUT2D eigenvalue weighted by molar-refractivity contribution is -0.141. The van der Waals surface area contributed by atoms with Crippen molar-refractivity contribution in [1.82, 2.24) is 0 Å². The summed E-state index contributed by atoms with van der Waals surface area (Å²) in [5.41, 5.74) is 2.30. The number of carbonyl (C=O) groups is 2. The number of rotatable bonds is 5. The lowest BCUT2D eigenvalue weighted by atomic mass is 10.1. The van der Waals surface area contributed by atoms with Crippen molar-refractivity contribution in [1.29, 1.82) is 0 Å². The Hall–Kier alpha value is -2.30. The maximum atomic E-state index is 12.3. The van der Waals surface area contributed by atoms with Crippen molar-refractivity contribution < 1.29 is 19.1 Å². The summed E-state index contributed by atoms with van der Waals surface area (Å²) in [5.74, 6) is -1.05. The van der Waals surface area contributed by atoms with E-state index in [-0.39, 0.29) is 25.0 Å². The van der Waals surface area contributed by atoms with Gasteiger partial charge in [0.1, 0.15) is 5.70 Å². The Kier molecular flexibility index (Phi) is 5.20. The second-order valence-electron chi connectivity index (χ2n) is 5.05. The van der Waals surface area contributed by atoms with Crippen LogP contribution in [0.15, 0.2) is 36.0 Å². The van der Waals surface area contributed by atoms with E-state index < -0.39 is 11.9 Å². The number of hydrogen-bond donors (Lipinski definition) is 0. The van der Waals surface area contributed by atoms with E-state index in [1.165, 1.54) is 6.08 Å². The van der Waals surface area contributed by atoms with E-state index >= 15 is 0 Å². The summed E-state index contributed by atoms with van der Waals surface area (Å²) >= 11 is 0. The number of hydrogen-bond acceptors (Lipinski definition) is 5. The quantitative estimate of drug-likeness (QED) is 0.618. The molecule has 22 heavy (non-hydrogen) atoms. The van der Waals surface area contributed by atoms with Crippen LogP contribution in [0, 0.1) is 0 Å². The molecule has 1 aliphatic rings. The van der Waals surface area contributed by atoms with Crippen LogP contribution < -0.4 is 4.90 Å². The number of para-hydroxylation sites is 1. The normalized spacial score (nSPS) is 17.1. The second kappa shape index (κ2) is 7.11. The standard InChI is InChI=1S/C17H21NO4/c1-4-21-16(19)11-15(17(20)22-5-2)18-12(3)10-13-8-6-7-9-14(13)18/h6-9,11-12H,4-5,10H2,1-3H3/b15-11-. The number of carbonyl (C=O) groups excluding carboxylic acids is 2. The van der Waals surface area contributed by atoms with Crippen molar-refractivity contribution in [3.05, 3.63) is 41.6 Å². The predicted molar refractivity (Wildman–Crippen MR) is 83.4 cm³/mol. The molecule has 1 atom stereocenters. The molecule has 0 amide bonds. The summed E-state index contributed by atoms with van der Waals surface area (Å²) in [5, 5.41) is 0. The molecule has 0 aliphatic carbocycles. The molecule has 5 heteroatoms. The van der Waals surface area contributed by atoms with Gasteiger partial charge >= 0.3 is 11.9 Å². The molecule has 1 aromatic rings. The van der Waals surface area contributed by atoms with Gasteiger partial charge in [-0.15, -0.1) is 0 Å². The third-order valence-electron chi connectivity index (χ3n) is 3.49. The van der Waals surface area contributed by atoms with Gasteiger partial charge in [-0.05, 0) is 38.8 Å². The van der Waals surface area contributed by atoms with E-state index in [0.717, 1.165) is 17.7 Å². The monoisotopic (exact) mass is 303 g/mol. The fourth-order valence-electron chi connectivity index (χ4n) is 2.66. The molecule has 1 heterocycles. The minimum Gasteiger partial charge on any atom is -0.463 e. The molecule has 0 saturated heterocycles. The maximum absolute atomic E-state index is 12.3. The summed E-state index contributed by atoms with van der Waals surface area (Å²) in [6.07, 6.45) is 2.04. The molecule has 0 radical (unpaired) electrons. The first kappa shape index (κ1) is 16.1. The predicted octanol–water partition coefficient (Wildman–Crippen LogP) is 2.45. The third kappa shape index (κ3) is 3.30. The Bertz CT molecular complexity index is 594. The smallest absolute Gasteiger partial charge is 0.355 e. The average Bonchev–Trinajstić information content (AvgIpc) is 2.81. The highest BCUT2D eigenvalue weighted by Gasteiger charge is 2.32. The maximum Gasteiger partial charge on any atom is 0.355 e. The zero-order valence-corrected chi connectivity index (χ0v) is 13.2. The van der Waals surface area contributed by atoms with Gasteiger partial charge in [-0.25, -0.2) is 9.59 Å². The molecular weight excluding hydrogens is 282 g/mol. The van der Waals surface area contributed by atoms with Gasteiger partial charge in [0.2, 0.25) is 0 Å². The van der Waals surface area contributed by atoms with Crippen LogP contribution in [0.1, 0.15) is 26.3 Å². The van der Waals surface area contributed by atoms with Crippen LogP contribution in [0.4, 0.5) is 5.69 Å². The number of fused-ring (bicyclic) bond motifs is 1. The first-order valence-corrected chi connectivity index (χ1v) is 7.51. The zero-order valence-electron chi connectivity index (χ0n) is 13.2. The van der Waals surface area contributed by atoms with Gasteiger partial charge in [0, 0.05) is 11.7 Å². The van der Waals surface area contributed by atoms with Gasteiger partial charge in [-0.2, -0.15) is 0 Å². The van der Waals surface area contributed by atoms with Crippen LogP contribution in [-0.2, 0) is 25.5 Å². The van der Waals surface area contributed by atoms with Gasteiger partial charge in [-0.1, -0.05) is 18.2 Å². The van der Waals surface area contributed by atoms with Gasteiger partial charge in [0.15, 0.2) is 0 Å². The van der Waals surface area contributed by atoms with E-state index in [1.807, 2.05) is 36.1 Å². The highest BCUT2D eigenvalue weighted by molar-refractivity contribution is 6.00. The van der Waals surface area contributed by atoms with E-state index in [4.69, 9.17) is 9.47 Å². The van der Waals surface area contributed by atoms with Crippen molar-refractivity contribution >= 4 is 17.6 Å². The minimum absolute atomic E-state index is 0.0717. The van der Waals surface area contributed by atoms with Gasteiger partial charge in [0.25, 0.3) is 0 Å². The summed E-state index contributed by atoms with van der Waals surface area (Å²) in [4.78, 5) is 25.9. The molecule has 1 aliphatic heterocycles. The molecule has 0 spiro atoms. The van der Waals surface area contributed by atoms with Crippen molar-refractivity contribution in [2.75, 3.05) is 18.1 Å². The molecular formula is C17H21NO4. The summed E-state index contributed by atoms with van der Waals surface area (Å²) in [6.45, 7) is 5.99. The number of anilines is 1. The fourth-order valence-corrected chi connectivity index (χ4v) is 2.66. The van der Waals surface area contributed by atoms with Crippen molar-refractivity contribution in [3.63, 3.8) is 0 Å².